The first-order valence-corrected chi connectivity index (χ1v) is 22.0. The minimum atomic E-state index is -0.0222. The number of rotatable bonds is 2. The van der Waals surface area contributed by atoms with Gasteiger partial charge in [-0.25, -0.2) is 0 Å². The number of fused-ring (bicyclic) bond motifs is 7. The lowest BCUT2D eigenvalue weighted by atomic mass is 9.36. The van der Waals surface area contributed by atoms with Crippen LogP contribution in [0.1, 0.15) is 113 Å². The van der Waals surface area contributed by atoms with Crippen LogP contribution in [0, 0.1) is 34.6 Å². The molecule has 9 rings (SSSR count). The molecule has 0 bridgehead atoms. The Balaban J connectivity index is 1.43. The summed E-state index contributed by atoms with van der Waals surface area (Å²) < 4.78 is 15.5. The second-order valence-corrected chi connectivity index (χ2v) is 21.5. The molecule has 0 spiro atoms. The maximum absolute atomic E-state index is 6.50. The zero-order valence-electron chi connectivity index (χ0n) is 37.2. The van der Waals surface area contributed by atoms with E-state index in [2.05, 4.69) is 173 Å². The summed E-state index contributed by atoms with van der Waals surface area (Å²) in [4.78, 5) is 5.24. The molecular formula is C52H59BN2O2S. The van der Waals surface area contributed by atoms with Gasteiger partial charge >= 0.3 is 0 Å². The monoisotopic (exact) mass is 786 g/mol. The highest BCUT2D eigenvalue weighted by molar-refractivity contribution is 7.33. The van der Waals surface area contributed by atoms with Crippen LogP contribution in [0.4, 0.5) is 34.1 Å². The molecule has 0 amide bonds. The van der Waals surface area contributed by atoms with Gasteiger partial charge in [-0.1, -0.05) is 92.6 Å². The van der Waals surface area contributed by atoms with Crippen LogP contribution in [0.2, 0.25) is 0 Å². The molecule has 0 N–H and O–H groups in total. The summed E-state index contributed by atoms with van der Waals surface area (Å²) in [5, 5.41) is 1.34. The van der Waals surface area contributed by atoms with Gasteiger partial charge in [0.25, 0.3) is 6.71 Å². The molecule has 4 nitrogen and oxygen atoms in total. The highest BCUT2D eigenvalue weighted by Crippen LogP contribution is 2.52. The van der Waals surface area contributed by atoms with Gasteiger partial charge in [0, 0.05) is 43.9 Å². The van der Waals surface area contributed by atoms with Crippen molar-refractivity contribution in [2.24, 2.45) is 0 Å². The van der Waals surface area contributed by atoms with Gasteiger partial charge in [-0.15, -0.1) is 11.3 Å². The van der Waals surface area contributed by atoms with E-state index in [1.165, 1.54) is 98.9 Å². The van der Waals surface area contributed by atoms with Crippen LogP contribution in [0.5, 0.6) is 11.5 Å². The first-order chi connectivity index (χ1) is 27.2. The van der Waals surface area contributed by atoms with Crippen LogP contribution in [-0.4, -0.2) is 19.9 Å². The minimum Gasteiger partial charge on any atom is -0.490 e. The molecule has 0 saturated carbocycles. The van der Waals surface area contributed by atoms with Crippen molar-refractivity contribution < 1.29 is 9.47 Å². The van der Waals surface area contributed by atoms with Gasteiger partial charge in [0.2, 0.25) is 0 Å². The largest absolute Gasteiger partial charge is 0.490 e. The van der Waals surface area contributed by atoms with E-state index in [0.29, 0.717) is 13.2 Å². The third-order valence-corrected chi connectivity index (χ3v) is 14.0. The number of hydrogen-bond donors (Lipinski definition) is 0. The van der Waals surface area contributed by atoms with Gasteiger partial charge in [-0.3, -0.25) is 0 Å². The summed E-state index contributed by atoms with van der Waals surface area (Å²) in [5.74, 6) is 1.71. The Labute approximate surface area is 351 Å². The lowest BCUT2D eigenvalue weighted by molar-refractivity contribution is 0.296. The number of ether oxygens (including phenoxy) is 2. The second kappa shape index (κ2) is 13.2. The van der Waals surface area contributed by atoms with Crippen molar-refractivity contribution >= 4 is 78.0 Å². The Kier molecular flexibility index (Phi) is 8.81. The molecule has 0 aliphatic carbocycles. The molecule has 0 atom stereocenters. The molecule has 298 valence electrons. The van der Waals surface area contributed by atoms with E-state index >= 15 is 0 Å². The number of nitrogens with zero attached hydrogens (tertiary/aromatic N) is 2. The van der Waals surface area contributed by atoms with Gasteiger partial charge in [0.05, 0.1) is 30.3 Å². The van der Waals surface area contributed by atoms with Crippen molar-refractivity contribution in [1.29, 1.82) is 0 Å². The van der Waals surface area contributed by atoms with Crippen LogP contribution < -0.4 is 35.0 Å². The number of benzene rings is 5. The summed E-state index contributed by atoms with van der Waals surface area (Å²) in [5.41, 5.74) is 20.5. The average Bonchev–Trinajstić information content (AvgIpc) is 3.34. The normalized spacial score (nSPS) is 15.0. The van der Waals surface area contributed by atoms with E-state index in [4.69, 9.17) is 9.47 Å². The van der Waals surface area contributed by atoms with Gasteiger partial charge < -0.3 is 19.3 Å². The molecule has 6 heteroatoms. The topological polar surface area (TPSA) is 24.9 Å². The van der Waals surface area contributed by atoms with E-state index in [-0.39, 0.29) is 23.0 Å². The second-order valence-electron chi connectivity index (χ2n) is 20.4. The van der Waals surface area contributed by atoms with Crippen molar-refractivity contribution in [2.75, 3.05) is 23.0 Å². The summed E-state index contributed by atoms with van der Waals surface area (Å²) in [6.45, 7) is 33.7. The fraction of sp³-hybridized carbons (Fsp3) is 0.385. The summed E-state index contributed by atoms with van der Waals surface area (Å²) in [7, 11) is 0. The molecule has 0 saturated heterocycles. The first kappa shape index (κ1) is 38.8. The molecular weight excluding hydrogens is 727 g/mol. The summed E-state index contributed by atoms with van der Waals surface area (Å²) in [6.07, 6.45) is 0.873. The average molecular weight is 787 g/mol. The zero-order valence-corrected chi connectivity index (χ0v) is 38.0. The van der Waals surface area contributed by atoms with E-state index in [1.54, 1.807) is 0 Å². The molecule has 58 heavy (non-hydrogen) atoms. The van der Waals surface area contributed by atoms with E-state index in [0.717, 1.165) is 23.5 Å². The van der Waals surface area contributed by atoms with Crippen molar-refractivity contribution in [3.63, 3.8) is 0 Å². The summed E-state index contributed by atoms with van der Waals surface area (Å²) in [6, 6.07) is 26.5. The Hall–Kier alpha value is -4.68. The van der Waals surface area contributed by atoms with Crippen molar-refractivity contribution in [2.45, 2.75) is 120 Å². The van der Waals surface area contributed by atoms with Crippen LogP contribution in [0.25, 0.3) is 10.1 Å². The molecule has 1 aromatic heterocycles. The van der Waals surface area contributed by atoms with Gasteiger partial charge in [-0.05, 0) is 137 Å². The lowest BCUT2D eigenvalue weighted by Crippen LogP contribution is -2.60. The SMILES string of the molecule is Cc1cc2c3c(c1)N(c1c(C)cc(C(C)(C)C)cc1C)c1c(sc4ccc(C(C)(C)C)cc14)B3c1cc(C(C)(C)C)ccc1N2c1c(C)cc2c(c1C)OCCCO2. The number of thiophene rings is 1. The summed E-state index contributed by atoms with van der Waals surface area (Å²) >= 11 is 1.98. The van der Waals surface area contributed by atoms with Crippen LogP contribution in [-0.2, 0) is 16.2 Å². The smallest absolute Gasteiger partial charge is 0.264 e. The van der Waals surface area contributed by atoms with Gasteiger partial charge in [0.15, 0.2) is 11.5 Å². The molecule has 5 aromatic carbocycles. The highest BCUT2D eigenvalue weighted by atomic mass is 32.1. The predicted molar refractivity (Wildman–Crippen MR) is 251 cm³/mol. The fourth-order valence-electron chi connectivity index (χ4n) is 9.74. The maximum atomic E-state index is 6.50. The molecule has 3 aliphatic rings. The third kappa shape index (κ3) is 5.99. The Bertz CT molecular complexity index is 2660. The minimum absolute atomic E-state index is 0.0161. The standard InChI is InChI=1S/C52H59BN2O2S/c1-29-22-40-44-41(23-29)55(45-30(2)24-36(25-31(45)3)52(12,13)14)47-37-27-34(50(6,7)8)17-19-43(37)58-49(47)53(44)38-28-35(51(9,10)11)16-18-39(38)54(40)46-32(4)26-42-48(33(46)5)57-21-15-20-56-42/h16-19,22-28H,15,20-21H2,1-14H3. The Morgan fingerprint density at radius 3 is 1.81 bits per heavy atom. The van der Waals surface area contributed by atoms with Crippen molar-refractivity contribution in [1.82, 2.24) is 0 Å². The van der Waals surface area contributed by atoms with Gasteiger partial charge in [-0.2, -0.15) is 0 Å². The van der Waals surface area contributed by atoms with Crippen LogP contribution in [0.3, 0.4) is 0 Å². The highest BCUT2D eigenvalue weighted by Gasteiger charge is 2.47. The van der Waals surface area contributed by atoms with Crippen LogP contribution >= 0.6 is 11.3 Å². The molecule has 4 heterocycles. The fourth-order valence-corrected chi connectivity index (χ4v) is 11.0. The molecule has 0 unspecified atom stereocenters. The van der Waals surface area contributed by atoms with Crippen molar-refractivity contribution in [3.8, 4) is 11.5 Å². The van der Waals surface area contributed by atoms with Crippen molar-refractivity contribution in [3.05, 3.63) is 111 Å². The quantitative estimate of drug-likeness (QED) is 0.163. The maximum Gasteiger partial charge on any atom is 0.264 e. The molecule has 3 aliphatic heterocycles. The molecule has 0 fully saturated rings. The van der Waals surface area contributed by atoms with E-state index in [1.807, 2.05) is 11.3 Å². The van der Waals surface area contributed by atoms with Crippen LogP contribution in [0.15, 0.2) is 66.7 Å². The zero-order chi connectivity index (χ0) is 41.4. The predicted octanol–water partition coefficient (Wildman–Crippen LogP) is 12.6. The number of hydrogen-bond acceptors (Lipinski definition) is 5. The van der Waals surface area contributed by atoms with Gasteiger partial charge in [0.1, 0.15) is 0 Å². The first-order valence-electron chi connectivity index (χ1n) is 21.2. The lowest BCUT2D eigenvalue weighted by Gasteiger charge is -2.45. The van der Waals surface area contributed by atoms with E-state index < -0.39 is 0 Å². The Morgan fingerprint density at radius 2 is 1.16 bits per heavy atom. The molecule has 6 aromatic rings. The number of aryl methyl sites for hydroxylation is 4. The third-order valence-electron chi connectivity index (χ3n) is 12.8. The Morgan fingerprint density at radius 1 is 0.569 bits per heavy atom. The number of anilines is 6. The molecule has 0 radical (unpaired) electrons. The van der Waals surface area contributed by atoms with E-state index in [9.17, 15) is 0 Å².